The van der Waals surface area contributed by atoms with Gasteiger partial charge in [0.1, 0.15) is 73.2 Å². The summed E-state index contributed by atoms with van der Waals surface area (Å²) >= 11 is 0. The van der Waals surface area contributed by atoms with E-state index < -0.39 is 129 Å². The van der Waals surface area contributed by atoms with E-state index in [-0.39, 0.29) is 45.3 Å². The van der Waals surface area contributed by atoms with Gasteiger partial charge >= 0.3 is 5.97 Å². The third kappa shape index (κ3) is 8.49. The quantitative estimate of drug-likeness (QED) is 0.102. The van der Waals surface area contributed by atoms with Gasteiger partial charge in [-0.15, -0.1) is 0 Å². The van der Waals surface area contributed by atoms with Crippen molar-refractivity contribution in [3.8, 4) is 0 Å². The fourth-order valence-corrected chi connectivity index (χ4v) is 15.5. The smallest absolute Gasteiger partial charge is 0.303 e. The number of hydrogen-bond acceptors (Lipinski definition) is 17. The molecule has 0 spiro atoms. The van der Waals surface area contributed by atoms with Gasteiger partial charge in [-0.1, -0.05) is 60.1 Å². The summed E-state index contributed by atoms with van der Waals surface area (Å²) in [6, 6.07) is 0. The Morgan fingerprint density at radius 1 is 0.612 bits per heavy atom. The molecule has 0 amide bonds. The summed E-state index contributed by atoms with van der Waals surface area (Å²) in [6.45, 7) is 14.2. The molecule has 23 atom stereocenters. The zero-order chi connectivity index (χ0) is 49.0. The summed E-state index contributed by atoms with van der Waals surface area (Å²) in [4.78, 5) is 12.4. The Morgan fingerprint density at radius 2 is 1.13 bits per heavy atom. The fourth-order valence-electron chi connectivity index (χ4n) is 15.5. The topological polar surface area (TPSA) is 295 Å². The lowest BCUT2D eigenvalue weighted by Gasteiger charge is -2.71. The fraction of sp³-hybridized carbons (Fsp3) is 0.939. The highest BCUT2D eigenvalue weighted by atomic mass is 16.8. The average molecular weight is 957 g/mol. The molecule has 18 nitrogen and oxygen atoms in total. The van der Waals surface area contributed by atoms with E-state index in [0.717, 1.165) is 57.8 Å². The first-order valence-corrected chi connectivity index (χ1v) is 24.8. The van der Waals surface area contributed by atoms with Crippen LogP contribution in [0.3, 0.4) is 0 Å². The van der Waals surface area contributed by atoms with E-state index >= 15 is 0 Å². The number of carboxylic acid groups (broad SMARTS) is 1. The predicted octanol–water partition coefficient (Wildman–Crippen LogP) is 1.10. The molecule has 67 heavy (non-hydrogen) atoms. The molecule has 7 fully saturated rings. The number of rotatable bonds is 11. The van der Waals surface area contributed by atoms with Gasteiger partial charge in [0, 0.05) is 0 Å². The first-order valence-electron chi connectivity index (χ1n) is 24.8. The van der Waals surface area contributed by atoms with Crippen LogP contribution in [0.4, 0.5) is 0 Å². The average Bonchev–Trinajstić information content (AvgIpc) is 3.26. The molecule has 3 heterocycles. The summed E-state index contributed by atoms with van der Waals surface area (Å²) in [7, 11) is 0. The number of carboxylic acids is 1. The Balaban J connectivity index is 0.994. The third-order valence-electron chi connectivity index (χ3n) is 19.6. The molecule has 0 radical (unpaired) electrons. The Kier molecular flexibility index (Phi) is 14.4. The Bertz CT molecular complexity index is 1810. The molecule has 11 N–H and O–H groups in total. The van der Waals surface area contributed by atoms with Gasteiger partial charge in [-0.25, -0.2) is 0 Å². The summed E-state index contributed by atoms with van der Waals surface area (Å²) in [5.41, 5.74) is 0.809. The molecule has 384 valence electrons. The first-order chi connectivity index (χ1) is 31.3. The van der Waals surface area contributed by atoms with Gasteiger partial charge in [0.05, 0.1) is 32.3 Å². The minimum atomic E-state index is -1.94. The molecule has 0 aromatic heterocycles. The van der Waals surface area contributed by atoms with Crippen LogP contribution in [0.5, 0.6) is 0 Å². The molecule has 8 rings (SSSR count). The van der Waals surface area contributed by atoms with E-state index in [0.29, 0.717) is 12.3 Å². The number of aliphatic hydroxyl groups excluding tert-OH is 10. The van der Waals surface area contributed by atoms with Gasteiger partial charge in [0.2, 0.25) is 0 Å². The molecule has 0 aromatic carbocycles. The Hall–Kier alpha value is -1.43. The summed E-state index contributed by atoms with van der Waals surface area (Å²) in [5, 5.41) is 117. The van der Waals surface area contributed by atoms with Gasteiger partial charge in [0.15, 0.2) is 18.9 Å². The highest BCUT2D eigenvalue weighted by Crippen LogP contribution is 2.76. The van der Waals surface area contributed by atoms with Crippen LogP contribution in [0.2, 0.25) is 0 Å². The van der Waals surface area contributed by atoms with Crippen LogP contribution in [-0.4, -0.2) is 180 Å². The molecule has 18 heteroatoms. The molecule has 3 aliphatic heterocycles. The highest BCUT2D eigenvalue weighted by molar-refractivity contribution is 5.68. The first kappa shape index (κ1) is 51.9. The van der Waals surface area contributed by atoms with Crippen LogP contribution in [0.1, 0.15) is 119 Å². The molecule has 0 bridgehead atoms. The molecule has 8 aliphatic rings. The molecular formula is C49H80O18. The maximum absolute atomic E-state index is 12.4. The number of aliphatic hydroxyl groups is 10. The molecule has 0 aromatic rings. The van der Waals surface area contributed by atoms with Crippen molar-refractivity contribution in [2.75, 3.05) is 19.8 Å². The second-order valence-corrected chi connectivity index (χ2v) is 23.9. The maximum atomic E-state index is 12.4. The summed E-state index contributed by atoms with van der Waals surface area (Å²) < 4.78 is 35.7. The van der Waals surface area contributed by atoms with Crippen LogP contribution < -0.4 is 0 Å². The lowest BCUT2D eigenvalue weighted by atomic mass is 9.33. The standard InChI is InChI=1S/C49H80O18/c1-44(2)14-16-49(19-31(53)54)17-15-47(6)23(24(49)18-44)8-9-29-46(5)12-11-30(45(3,4)28(46)10-13-48(29,47)7)65-42-37(60)39(33(56)26(21-51)63-42)67-43-38(61)40(34(57)27(22-52)64-43)66-41-36(59)35(58)32(55)25(20-50)62-41/h8,24-30,32-43,50-52,55-61H,9-22H2,1-7H3,(H,53,54)/t24?,25-,26-,27-,28?,29?,30?,32-,33?,34-,35-,36-,37-,38-,39+,40+,41+,42-,43+,46+,47-,48-,49?/m1/s1. The second kappa shape index (κ2) is 18.6. The number of hydrogen-bond donors (Lipinski definition) is 11. The zero-order valence-corrected chi connectivity index (χ0v) is 40.2. The summed E-state index contributed by atoms with van der Waals surface area (Å²) in [6.07, 6.45) is -13.5. The lowest BCUT2D eigenvalue weighted by molar-refractivity contribution is -0.385. The SMILES string of the molecule is CC1(C)CCC2(CC(=O)O)CC[C@]3(C)C(=CCC4[C@@]5(C)CCC(O[C@H]6O[C@H](CO)C(O)[C@H](O[C@@H]7O[C@H](CO)[C@@H](O)[C@H](O[C@@H]8O[C@H](CO)[C@@H](O)[C@@H](O)[C@H]8O)[C@H]7O)[C@H]6O)C(C)(C)C5CC[C@]43C)C2C1. The molecule has 3 saturated heterocycles. The molecular weight excluding hydrogens is 877 g/mol. The highest BCUT2D eigenvalue weighted by Gasteiger charge is 2.69. The molecule has 5 aliphatic carbocycles. The van der Waals surface area contributed by atoms with Crippen molar-refractivity contribution in [1.29, 1.82) is 0 Å². The van der Waals surface area contributed by atoms with Crippen molar-refractivity contribution >= 4 is 5.97 Å². The second-order valence-electron chi connectivity index (χ2n) is 23.9. The Labute approximate surface area is 393 Å². The van der Waals surface area contributed by atoms with E-state index in [1.54, 1.807) is 0 Å². The van der Waals surface area contributed by atoms with Crippen molar-refractivity contribution in [2.24, 2.45) is 50.2 Å². The number of allylic oxidation sites excluding steroid dienone is 2. The van der Waals surface area contributed by atoms with Gasteiger partial charge in [0.25, 0.3) is 0 Å². The van der Waals surface area contributed by atoms with Crippen LogP contribution in [0.15, 0.2) is 11.6 Å². The number of aliphatic carboxylic acids is 1. The van der Waals surface area contributed by atoms with Crippen LogP contribution in [-0.2, 0) is 33.2 Å². The van der Waals surface area contributed by atoms with Crippen molar-refractivity contribution < 1.29 is 89.4 Å². The summed E-state index contributed by atoms with van der Waals surface area (Å²) in [5.74, 6) is 0.105. The van der Waals surface area contributed by atoms with Crippen LogP contribution in [0.25, 0.3) is 0 Å². The number of carbonyl (C=O) groups is 1. The van der Waals surface area contributed by atoms with Crippen LogP contribution >= 0.6 is 0 Å². The van der Waals surface area contributed by atoms with Gasteiger partial charge in [-0.3, -0.25) is 4.79 Å². The van der Waals surface area contributed by atoms with Crippen molar-refractivity contribution in [3.05, 3.63) is 11.6 Å². The van der Waals surface area contributed by atoms with E-state index in [1.165, 1.54) is 5.57 Å². The number of fused-ring (bicyclic) bond motifs is 7. The Morgan fingerprint density at radius 3 is 1.69 bits per heavy atom. The minimum absolute atomic E-state index is 0.0173. The van der Waals surface area contributed by atoms with Gasteiger partial charge in [-0.05, 0) is 114 Å². The largest absolute Gasteiger partial charge is 0.481 e. The van der Waals surface area contributed by atoms with Gasteiger partial charge in [-0.2, -0.15) is 0 Å². The lowest BCUT2D eigenvalue weighted by Crippen LogP contribution is -2.67. The monoisotopic (exact) mass is 957 g/mol. The third-order valence-corrected chi connectivity index (χ3v) is 19.6. The van der Waals surface area contributed by atoms with E-state index in [4.69, 9.17) is 28.4 Å². The van der Waals surface area contributed by atoms with E-state index in [1.807, 2.05) is 0 Å². The van der Waals surface area contributed by atoms with Crippen molar-refractivity contribution in [3.63, 3.8) is 0 Å². The van der Waals surface area contributed by atoms with E-state index in [2.05, 4.69) is 54.5 Å². The molecule has 4 saturated carbocycles. The van der Waals surface area contributed by atoms with Gasteiger partial charge < -0.3 is 84.6 Å². The predicted molar refractivity (Wildman–Crippen MR) is 235 cm³/mol. The molecule has 6 unspecified atom stereocenters. The number of ether oxygens (including phenoxy) is 6. The maximum Gasteiger partial charge on any atom is 0.303 e. The van der Waals surface area contributed by atoms with Crippen molar-refractivity contribution in [2.45, 2.75) is 217 Å². The zero-order valence-electron chi connectivity index (χ0n) is 40.2. The van der Waals surface area contributed by atoms with E-state index in [9.17, 15) is 61.0 Å². The van der Waals surface area contributed by atoms with Crippen molar-refractivity contribution in [1.82, 2.24) is 0 Å². The minimum Gasteiger partial charge on any atom is -0.481 e. The van der Waals surface area contributed by atoms with Crippen LogP contribution in [0, 0.1) is 50.2 Å². The normalized spacial score (nSPS) is 52.7.